The molecule has 4 aromatic rings. The van der Waals surface area contributed by atoms with E-state index < -0.39 is 0 Å². The number of benzene rings is 2. The first kappa shape index (κ1) is 13.2. The van der Waals surface area contributed by atoms with Crippen LogP contribution in [0.2, 0.25) is 0 Å². The molecular formula is C17H14N4S. The summed E-state index contributed by atoms with van der Waals surface area (Å²) in [5, 5.41) is 14.3. The number of aryl methyl sites for hydroxylation is 1. The molecular weight excluding hydrogens is 292 g/mol. The van der Waals surface area contributed by atoms with Crippen molar-refractivity contribution >= 4 is 16.3 Å². The third kappa shape index (κ3) is 2.40. The molecule has 4 nitrogen and oxygen atoms in total. The molecule has 0 aliphatic rings. The monoisotopic (exact) mass is 306 g/mol. The maximum Gasteiger partial charge on any atom is 0.234 e. The third-order valence-corrected chi connectivity index (χ3v) is 4.41. The lowest BCUT2D eigenvalue weighted by Crippen LogP contribution is -1.93. The molecule has 0 spiro atoms. The van der Waals surface area contributed by atoms with E-state index in [0.29, 0.717) is 0 Å². The van der Waals surface area contributed by atoms with E-state index in [4.69, 9.17) is 0 Å². The van der Waals surface area contributed by atoms with E-state index >= 15 is 0 Å². The minimum absolute atomic E-state index is 0.800. The fourth-order valence-corrected chi connectivity index (χ4v) is 3.33. The Balaban J connectivity index is 1.73. The van der Waals surface area contributed by atoms with Gasteiger partial charge in [0, 0.05) is 12.0 Å². The molecule has 0 radical (unpaired) electrons. The Kier molecular flexibility index (Phi) is 3.20. The Morgan fingerprint density at radius 3 is 2.68 bits per heavy atom. The highest BCUT2D eigenvalue weighted by Crippen LogP contribution is 2.23. The highest BCUT2D eigenvalue weighted by Gasteiger charge is 2.13. The molecule has 2 aromatic heterocycles. The summed E-state index contributed by atoms with van der Waals surface area (Å²) in [4.78, 5) is 0.836. The molecule has 2 aromatic carbocycles. The number of rotatable bonds is 3. The molecule has 0 bridgehead atoms. The van der Waals surface area contributed by atoms with Crippen LogP contribution in [-0.4, -0.2) is 19.8 Å². The molecule has 4 rings (SSSR count). The van der Waals surface area contributed by atoms with E-state index in [1.165, 1.54) is 11.1 Å². The van der Waals surface area contributed by atoms with Gasteiger partial charge in [-0.25, -0.2) is 0 Å². The maximum absolute atomic E-state index is 4.68. The number of fused-ring (bicyclic) bond motifs is 1. The third-order valence-electron chi connectivity index (χ3n) is 3.51. The van der Waals surface area contributed by atoms with Gasteiger partial charge in [0.1, 0.15) is 5.01 Å². The summed E-state index contributed by atoms with van der Waals surface area (Å²) in [6.07, 6.45) is 0.822. The van der Waals surface area contributed by atoms with E-state index in [1.807, 2.05) is 34.8 Å². The minimum atomic E-state index is 0.800. The molecule has 5 heteroatoms. The number of hydrogen-bond donors (Lipinski definition) is 0. The quantitative estimate of drug-likeness (QED) is 0.579. The van der Waals surface area contributed by atoms with Crippen LogP contribution in [0.3, 0.4) is 0 Å². The summed E-state index contributed by atoms with van der Waals surface area (Å²) in [5.41, 5.74) is 3.50. The van der Waals surface area contributed by atoms with Gasteiger partial charge in [0.15, 0.2) is 5.82 Å². The lowest BCUT2D eigenvalue weighted by atomic mass is 10.1. The van der Waals surface area contributed by atoms with Gasteiger partial charge in [0.05, 0.1) is 0 Å². The maximum atomic E-state index is 4.68. The summed E-state index contributed by atoms with van der Waals surface area (Å²) in [5.74, 6) is 0.800. The Hall–Kier alpha value is -2.53. The first-order chi connectivity index (χ1) is 10.8. The molecule has 0 aliphatic heterocycles. The van der Waals surface area contributed by atoms with Crippen LogP contribution in [0.1, 0.15) is 16.1 Å². The largest absolute Gasteiger partial charge is 0.234 e. The Bertz CT molecular complexity index is 924. The summed E-state index contributed by atoms with van der Waals surface area (Å²) < 4.78 is 1.84. The van der Waals surface area contributed by atoms with Crippen molar-refractivity contribution in [3.63, 3.8) is 0 Å². The second kappa shape index (κ2) is 5.35. The summed E-state index contributed by atoms with van der Waals surface area (Å²) >= 11 is 1.59. The summed E-state index contributed by atoms with van der Waals surface area (Å²) in [7, 11) is 0. The average Bonchev–Trinajstić information content (AvgIpc) is 3.08. The normalized spacial score (nSPS) is 11.1. The topological polar surface area (TPSA) is 43.1 Å². The molecule has 0 aliphatic carbocycles. The standard InChI is InChI=1S/C17H14N4S/c1-12-6-5-9-14(10-12)16-18-19-17-21(16)20-15(22-17)11-13-7-3-2-4-8-13/h2-10H,11H2,1H3. The van der Waals surface area contributed by atoms with Gasteiger partial charge in [-0.05, 0) is 18.6 Å². The molecule has 0 amide bonds. The van der Waals surface area contributed by atoms with Crippen LogP contribution in [0, 0.1) is 6.92 Å². The van der Waals surface area contributed by atoms with E-state index in [-0.39, 0.29) is 0 Å². The molecule has 0 saturated carbocycles. The number of aromatic nitrogens is 4. The van der Waals surface area contributed by atoms with Crippen LogP contribution in [0.4, 0.5) is 0 Å². The fourth-order valence-electron chi connectivity index (χ4n) is 2.46. The van der Waals surface area contributed by atoms with Crippen molar-refractivity contribution in [1.29, 1.82) is 0 Å². The zero-order chi connectivity index (χ0) is 14.9. The molecule has 0 fully saturated rings. The van der Waals surface area contributed by atoms with Crippen molar-refractivity contribution in [3.8, 4) is 11.4 Å². The molecule has 2 heterocycles. The molecule has 22 heavy (non-hydrogen) atoms. The second-order valence-corrected chi connectivity index (χ2v) is 6.29. The van der Waals surface area contributed by atoms with Gasteiger partial charge in [0.2, 0.25) is 4.96 Å². The molecule has 0 unspecified atom stereocenters. The van der Waals surface area contributed by atoms with E-state index in [9.17, 15) is 0 Å². The van der Waals surface area contributed by atoms with Gasteiger partial charge >= 0.3 is 0 Å². The Labute approximate surface area is 132 Å². The van der Waals surface area contributed by atoms with Crippen molar-refractivity contribution in [1.82, 2.24) is 19.8 Å². The Morgan fingerprint density at radius 1 is 1.00 bits per heavy atom. The molecule has 108 valence electrons. The van der Waals surface area contributed by atoms with Crippen molar-refractivity contribution < 1.29 is 0 Å². The van der Waals surface area contributed by atoms with Crippen molar-refractivity contribution in [2.45, 2.75) is 13.3 Å². The van der Waals surface area contributed by atoms with Gasteiger partial charge in [-0.3, -0.25) is 0 Å². The van der Waals surface area contributed by atoms with Crippen LogP contribution < -0.4 is 0 Å². The zero-order valence-corrected chi connectivity index (χ0v) is 12.9. The fraction of sp³-hybridized carbons (Fsp3) is 0.118. The smallest absolute Gasteiger partial charge is 0.183 e. The highest BCUT2D eigenvalue weighted by atomic mass is 32.1. The highest BCUT2D eigenvalue weighted by molar-refractivity contribution is 7.16. The van der Waals surface area contributed by atoms with Crippen LogP contribution in [0.15, 0.2) is 54.6 Å². The summed E-state index contributed by atoms with van der Waals surface area (Å²) in [6, 6.07) is 18.6. The van der Waals surface area contributed by atoms with Crippen LogP contribution in [0.5, 0.6) is 0 Å². The van der Waals surface area contributed by atoms with Crippen LogP contribution in [-0.2, 0) is 6.42 Å². The van der Waals surface area contributed by atoms with Crippen molar-refractivity contribution in [2.24, 2.45) is 0 Å². The predicted octanol–water partition coefficient (Wildman–Crippen LogP) is 3.75. The zero-order valence-electron chi connectivity index (χ0n) is 12.1. The number of nitrogens with zero attached hydrogens (tertiary/aromatic N) is 4. The van der Waals surface area contributed by atoms with Crippen molar-refractivity contribution in [2.75, 3.05) is 0 Å². The lowest BCUT2D eigenvalue weighted by Gasteiger charge is -1.99. The molecule has 0 atom stereocenters. The van der Waals surface area contributed by atoms with Gasteiger partial charge in [-0.2, -0.15) is 9.61 Å². The first-order valence-electron chi connectivity index (χ1n) is 7.12. The number of hydrogen-bond acceptors (Lipinski definition) is 4. The molecule has 0 N–H and O–H groups in total. The predicted molar refractivity (Wildman–Crippen MR) is 88.1 cm³/mol. The molecule has 0 saturated heterocycles. The summed E-state index contributed by atoms with van der Waals surface area (Å²) in [6.45, 7) is 2.07. The second-order valence-electron chi connectivity index (χ2n) is 5.25. The van der Waals surface area contributed by atoms with E-state index in [1.54, 1.807) is 11.3 Å². The average molecular weight is 306 g/mol. The van der Waals surface area contributed by atoms with Gasteiger partial charge in [0.25, 0.3) is 0 Å². The van der Waals surface area contributed by atoms with E-state index in [0.717, 1.165) is 27.8 Å². The minimum Gasteiger partial charge on any atom is -0.183 e. The SMILES string of the molecule is Cc1cccc(-c2nnc3sc(Cc4ccccc4)nn23)c1. The first-order valence-corrected chi connectivity index (χ1v) is 7.93. The van der Waals surface area contributed by atoms with Gasteiger partial charge < -0.3 is 0 Å². The van der Waals surface area contributed by atoms with Crippen LogP contribution in [0.25, 0.3) is 16.3 Å². The van der Waals surface area contributed by atoms with E-state index in [2.05, 4.69) is 46.5 Å². The Morgan fingerprint density at radius 2 is 1.86 bits per heavy atom. The van der Waals surface area contributed by atoms with Gasteiger partial charge in [-0.15, -0.1) is 10.2 Å². The van der Waals surface area contributed by atoms with Crippen LogP contribution >= 0.6 is 11.3 Å². The lowest BCUT2D eigenvalue weighted by molar-refractivity contribution is 0.917. The van der Waals surface area contributed by atoms with Crippen molar-refractivity contribution in [3.05, 3.63) is 70.7 Å². The van der Waals surface area contributed by atoms with Gasteiger partial charge in [-0.1, -0.05) is 65.4 Å².